The van der Waals surface area contributed by atoms with Crippen LogP contribution >= 0.6 is 0 Å². The number of nitrogens with zero attached hydrogens (tertiary/aromatic N) is 1. The minimum absolute atomic E-state index is 0.221. The van der Waals surface area contributed by atoms with Crippen LogP contribution in [0, 0.1) is 11.6 Å². The van der Waals surface area contributed by atoms with Crippen LogP contribution < -0.4 is 14.4 Å². The quantitative estimate of drug-likeness (QED) is 0.901. The molecule has 0 saturated carbocycles. The van der Waals surface area contributed by atoms with E-state index in [0.717, 1.165) is 22.7 Å². The molecule has 132 valence electrons. The molecule has 0 aliphatic carbocycles. The van der Waals surface area contributed by atoms with E-state index in [1.807, 2.05) is 0 Å². The Bertz CT molecular complexity index is 933. The number of carbonyl (C=O) groups is 1. The zero-order valence-corrected chi connectivity index (χ0v) is 13.9. The number of benzene rings is 2. The lowest BCUT2D eigenvalue weighted by atomic mass is 10.2. The van der Waals surface area contributed by atoms with Crippen molar-refractivity contribution in [2.75, 3.05) is 22.4 Å². The van der Waals surface area contributed by atoms with Crippen LogP contribution in [-0.2, 0) is 14.8 Å². The maximum atomic E-state index is 13.7. The average molecular weight is 368 g/mol. The minimum atomic E-state index is -3.64. The van der Waals surface area contributed by atoms with Gasteiger partial charge in [-0.25, -0.2) is 17.2 Å². The molecule has 0 spiro atoms. The molecule has 6 nitrogen and oxygen atoms in total. The Kier molecular flexibility index (Phi) is 4.34. The third kappa shape index (κ3) is 3.55. The number of hydrogen-bond donors (Lipinski definition) is 1. The number of para-hydroxylation sites is 2. The summed E-state index contributed by atoms with van der Waals surface area (Å²) < 4.78 is 57.2. The Hall–Kier alpha value is -2.68. The number of rotatable bonds is 3. The number of halogens is 2. The second-order valence-electron chi connectivity index (χ2n) is 5.48. The van der Waals surface area contributed by atoms with E-state index in [0.29, 0.717) is 11.8 Å². The molecule has 9 heteroatoms. The van der Waals surface area contributed by atoms with Crippen molar-refractivity contribution in [2.45, 2.75) is 6.10 Å². The number of hydrogen-bond acceptors (Lipinski definition) is 4. The highest BCUT2D eigenvalue weighted by atomic mass is 32.2. The van der Waals surface area contributed by atoms with Gasteiger partial charge in [-0.05, 0) is 24.3 Å². The van der Waals surface area contributed by atoms with Crippen LogP contribution in [0.5, 0.6) is 5.75 Å². The molecule has 1 aliphatic heterocycles. The van der Waals surface area contributed by atoms with Gasteiger partial charge in [-0.1, -0.05) is 12.1 Å². The van der Waals surface area contributed by atoms with Crippen LogP contribution in [0.1, 0.15) is 0 Å². The fourth-order valence-corrected chi connectivity index (χ4v) is 3.37. The normalized spacial score (nSPS) is 16.8. The largest absolute Gasteiger partial charge is 0.476 e. The number of fused-ring (bicyclic) bond motifs is 1. The van der Waals surface area contributed by atoms with Crippen LogP contribution in [0.2, 0.25) is 0 Å². The molecule has 1 aliphatic rings. The SMILES string of the molecule is CS(=O)(=O)N1C[C@@H](C(=O)Nc2ccc(F)cc2F)Oc2ccccc21. The fraction of sp³-hybridized carbons (Fsp3) is 0.188. The molecule has 1 atom stereocenters. The molecule has 25 heavy (non-hydrogen) atoms. The maximum Gasteiger partial charge on any atom is 0.267 e. The van der Waals surface area contributed by atoms with Crippen molar-refractivity contribution in [1.82, 2.24) is 0 Å². The third-order valence-corrected chi connectivity index (χ3v) is 4.76. The first kappa shape index (κ1) is 17.2. The van der Waals surface area contributed by atoms with Gasteiger partial charge in [0.2, 0.25) is 10.0 Å². The number of carbonyl (C=O) groups excluding carboxylic acids is 1. The van der Waals surface area contributed by atoms with Crippen molar-refractivity contribution >= 4 is 27.3 Å². The Morgan fingerprint density at radius 2 is 1.96 bits per heavy atom. The molecule has 3 rings (SSSR count). The highest BCUT2D eigenvalue weighted by molar-refractivity contribution is 7.92. The molecule has 1 heterocycles. The Balaban J connectivity index is 1.87. The van der Waals surface area contributed by atoms with Crippen LogP contribution in [-0.4, -0.2) is 33.2 Å². The average Bonchev–Trinajstić information content (AvgIpc) is 2.55. The molecule has 0 bridgehead atoms. The molecular weight excluding hydrogens is 354 g/mol. The van der Waals surface area contributed by atoms with Crippen molar-refractivity contribution in [3.63, 3.8) is 0 Å². The number of anilines is 2. The second-order valence-corrected chi connectivity index (χ2v) is 7.39. The van der Waals surface area contributed by atoms with Gasteiger partial charge >= 0.3 is 0 Å². The predicted octanol–water partition coefficient (Wildman–Crippen LogP) is 2.13. The highest BCUT2D eigenvalue weighted by Crippen LogP contribution is 2.34. The van der Waals surface area contributed by atoms with Crippen LogP contribution in [0.25, 0.3) is 0 Å². The molecule has 0 radical (unpaired) electrons. The predicted molar refractivity (Wildman–Crippen MR) is 88.0 cm³/mol. The van der Waals surface area contributed by atoms with Crippen molar-refractivity contribution < 1.29 is 26.7 Å². The highest BCUT2D eigenvalue weighted by Gasteiger charge is 2.35. The first-order chi connectivity index (χ1) is 11.8. The lowest BCUT2D eigenvalue weighted by Gasteiger charge is -2.33. The van der Waals surface area contributed by atoms with Gasteiger partial charge in [0.15, 0.2) is 6.10 Å². The Labute approximate surface area is 143 Å². The summed E-state index contributed by atoms with van der Waals surface area (Å²) in [4.78, 5) is 12.4. The summed E-state index contributed by atoms with van der Waals surface area (Å²) in [5.74, 6) is -2.24. The van der Waals surface area contributed by atoms with Gasteiger partial charge < -0.3 is 10.1 Å². The summed E-state index contributed by atoms with van der Waals surface area (Å²) >= 11 is 0. The van der Waals surface area contributed by atoms with Gasteiger partial charge in [0.1, 0.15) is 17.4 Å². The first-order valence-corrected chi connectivity index (χ1v) is 9.10. The first-order valence-electron chi connectivity index (χ1n) is 7.25. The number of nitrogens with one attached hydrogen (secondary N) is 1. The topological polar surface area (TPSA) is 75.7 Å². The molecule has 1 amide bonds. The number of ether oxygens (including phenoxy) is 1. The summed E-state index contributed by atoms with van der Waals surface area (Å²) in [5.41, 5.74) is 0.0989. The molecule has 2 aromatic carbocycles. The van der Waals surface area contributed by atoms with Crippen molar-refractivity contribution in [3.8, 4) is 5.75 Å². The van der Waals surface area contributed by atoms with Gasteiger partial charge in [-0.15, -0.1) is 0 Å². The van der Waals surface area contributed by atoms with E-state index >= 15 is 0 Å². The molecule has 0 unspecified atom stereocenters. The third-order valence-electron chi connectivity index (χ3n) is 3.62. The molecule has 0 saturated heterocycles. The zero-order chi connectivity index (χ0) is 18.2. The zero-order valence-electron chi connectivity index (χ0n) is 13.1. The summed E-state index contributed by atoms with van der Waals surface area (Å²) in [7, 11) is -3.64. The van der Waals surface area contributed by atoms with E-state index in [1.165, 1.54) is 6.07 Å². The van der Waals surface area contributed by atoms with Crippen LogP contribution in [0.4, 0.5) is 20.2 Å². The smallest absolute Gasteiger partial charge is 0.267 e. The van der Waals surface area contributed by atoms with E-state index in [2.05, 4.69) is 5.32 Å². The summed E-state index contributed by atoms with van der Waals surface area (Å²) in [6, 6.07) is 9.09. The van der Waals surface area contributed by atoms with Gasteiger partial charge in [0.05, 0.1) is 24.2 Å². The van der Waals surface area contributed by atoms with Gasteiger partial charge in [0, 0.05) is 6.07 Å². The van der Waals surface area contributed by atoms with E-state index in [9.17, 15) is 22.0 Å². The number of sulfonamides is 1. The van der Waals surface area contributed by atoms with E-state index in [1.54, 1.807) is 18.2 Å². The van der Waals surface area contributed by atoms with Gasteiger partial charge in [0.25, 0.3) is 5.91 Å². The molecule has 1 N–H and O–H groups in total. The van der Waals surface area contributed by atoms with E-state index in [-0.39, 0.29) is 18.0 Å². The fourth-order valence-electron chi connectivity index (χ4n) is 2.46. The van der Waals surface area contributed by atoms with Gasteiger partial charge in [-0.3, -0.25) is 9.10 Å². The van der Waals surface area contributed by atoms with E-state index < -0.39 is 33.7 Å². The van der Waals surface area contributed by atoms with Crippen molar-refractivity contribution in [3.05, 3.63) is 54.1 Å². The summed E-state index contributed by atoms with van der Waals surface area (Å²) in [6.07, 6.45) is -0.168. The molecule has 0 aromatic heterocycles. The minimum Gasteiger partial charge on any atom is -0.476 e. The lowest BCUT2D eigenvalue weighted by molar-refractivity contribution is -0.122. The van der Waals surface area contributed by atoms with E-state index in [4.69, 9.17) is 4.74 Å². The monoisotopic (exact) mass is 368 g/mol. The lowest BCUT2D eigenvalue weighted by Crippen LogP contribution is -2.48. The van der Waals surface area contributed by atoms with Crippen molar-refractivity contribution in [2.24, 2.45) is 0 Å². The Morgan fingerprint density at radius 3 is 2.64 bits per heavy atom. The summed E-state index contributed by atoms with van der Waals surface area (Å²) in [5, 5.41) is 2.28. The van der Waals surface area contributed by atoms with Gasteiger partial charge in [-0.2, -0.15) is 0 Å². The second kappa shape index (κ2) is 6.32. The van der Waals surface area contributed by atoms with Crippen LogP contribution in [0.15, 0.2) is 42.5 Å². The summed E-state index contributed by atoms with van der Waals surface area (Å²) in [6.45, 7) is -0.259. The molecular formula is C16H14F2N2O4S. The maximum absolute atomic E-state index is 13.7. The van der Waals surface area contributed by atoms with Crippen molar-refractivity contribution in [1.29, 1.82) is 0 Å². The molecule has 0 fully saturated rings. The Morgan fingerprint density at radius 1 is 1.24 bits per heavy atom. The number of amides is 1. The molecule has 2 aromatic rings. The standard InChI is InChI=1S/C16H14F2N2O4S/c1-25(22,23)20-9-15(24-14-5-3-2-4-13(14)20)16(21)19-12-7-6-10(17)8-11(12)18/h2-8,15H,9H2,1H3,(H,19,21)/t15-/m0/s1. The van der Waals surface area contributed by atoms with Crippen LogP contribution in [0.3, 0.4) is 0 Å².